The van der Waals surface area contributed by atoms with Gasteiger partial charge in [-0.25, -0.2) is 4.79 Å². The summed E-state index contributed by atoms with van der Waals surface area (Å²) in [5, 5.41) is 24.9. The maximum Gasteiger partial charge on any atom is 0.490 e. The Morgan fingerprint density at radius 3 is 2.19 bits per heavy atom. The highest BCUT2D eigenvalue weighted by Crippen LogP contribution is 2.35. The van der Waals surface area contributed by atoms with Crippen molar-refractivity contribution in [1.29, 1.82) is 0 Å². The molecule has 0 spiro atoms. The molecule has 4 rings (SSSR count). The van der Waals surface area contributed by atoms with Crippen molar-refractivity contribution in [3.05, 3.63) is 66.4 Å². The summed E-state index contributed by atoms with van der Waals surface area (Å²) >= 11 is 0. The molecular weight excluding hydrogens is 411 g/mol. The monoisotopic (exact) mass is 433 g/mol. The Labute approximate surface area is 176 Å². The van der Waals surface area contributed by atoms with E-state index in [1.165, 1.54) is 5.56 Å². The fourth-order valence-corrected chi connectivity index (χ4v) is 3.54. The Balaban J connectivity index is 0.000000339. The van der Waals surface area contributed by atoms with Gasteiger partial charge in [0, 0.05) is 11.1 Å². The van der Waals surface area contributed by atoms with Crippen LogP contribution >= 0.6 is 0 Å². The SMILES string of the molecule is O=C(O)C(F)(F)F.On1ncc(C2CCNCC2)c1-c1cccc(-c2ccccc2)c1. The summed E-state index contributed by atoms with van der Waals surface area (Å²) in [6, 6.07) is 18.6. The van der Waals surface area contributed by atoms with Crippen LogP contribution < -0.4 is 5.32 Å². The van der Waals surface area contributed by atoms with Crippen LogP contribution in [-0.4, -0.2) is 45.5 Å². The third kappa shape index (κ3) is 5.64. The number of benzene rings is 2. The molecule has 0 atom stereocenters. The van der Waals surface area contributed by atoms with Crippen LogP contribution in [0.5, 0.6) is 0 Å². The fraction of sp³-hybridized carbons (Fsp3) is 0.273. The largest absolute Gasteiger partial charge is 0.490 e. The first-order valence-corrected chi connectivity index (χ1v) is 9.71. The fourth-order valence-electron chi connectivity index (χ4n) is 3.54. The molecule has 0 aliphatic carbocycles. The molecule has 1 aromatic heterocycles. The Hall–Kier alpha value is -3.33. The van der Waals surface area contributed by atoms with Crippen LogP contribution in [0, 0.1) is 0 Å². The van der Waals surface area contributed by atoms with Crippen LogP contribution in [0.25, 0.3) is 22.4 Å². The van der Waals surface area contributed by atoms with E-state index in [4.69, 9.17) is 9.90 Å². The number of nitrogens with one attached hydrogen (secondary N) is 1. The predicted molar refractivity (Wildman–Crippen MR) is 109 cm³/mol. The van der Waals surface area contributed by atoms with Gasteiger partial charge in [-0.2, -0.15) is 13.2 Å². The van der Waals surface area contributed by atoms with E-state index in [2.05, 4.69) is 34.7 Å². The van der Waals surface area contributed by atoms with Crippen LogP contribution in [0.1, 0.15) is 24.3 Å². The van der Waals surface area contributed by atoms with Gasteiger partial charge in [-0.1, -0.05) is 48.5 Å². The molecule has 1 saturated heterocycles. The van der Waals surface area contributed by atoms with Gasteiger partial charge in [0.05, 0.1) is 6.20 Å². The standard InChI is InChI=1S/C20H21N3O.C2HF3O2/c24-23-20(19(14-22-23)16-9-11-21-12-10-16)18-8-4-7-17(13-18)15-5-2-1-3-6-15;3-2(4,5)1(6)7/h1-8,13-14,16,21,24H,9-12H2;(H,6,7). The van der Waals surface area contributed by atoms with Crippen molar-refractivity contribution in [3.63, 3.8) is 0 Å². The van der Waals surface area contributed by atoms with Crippen molar-refractivity contribution in [2.24, 2.45) is 0 Å². The van der Waals surface area contributed by atoms with Crippen LogP contribution in [0.3, 0.4) is 0 Å². The molecule has 164 valence electrons. The summed E-state index contributed by atoms with van der Waals surface area (Å²) in [4.78, 5) is 9.93. The second kappa shape index (κ2) is 9.65. The molecule has 0 bridgehead atoms. The van der Waals surface area contributed by atoms with E-state index in [1.54, 1.807) is 0 Å². The van der Waals surface area contributed by atoms with Gasteiger partial charge in [0.25, 0.3) is 0 Å². The number of alkyl halides is 3. The van der Waals surface area contributed by atoms with Gasteiger partial charge in [-0.15, -0.1) is 9.94 Å². The van der Waals surface area contributed by atoms with Crippen LogP contribution in [0.15, 0.2) is 60.8 Å². The lowest BCUT2D eigenvalue weighted by Crippen LogP contribution is -2.26. The summed E-state index contributed by atoms with van der Waals surface area (Å²) < 4.78 is 31.7. The van der Waals surface area contributed by atoms with Crippen molar-refractivity contribution in [1.82, 2.24) is 15.3 Å². The lowest BCUT2D eigenvalue weighted by Gasteiger charge is -2.22. The minimum atomic E-state index is -5.08. The van der Waals surface area contributed by atoms with Gasteiger partial charge in [0.1, 0.15) is 5.69 Å². The molecule has 3 N–H and O–H groups in total. The highest BCUT2D eigenvalue weighted by Gasteiger charge is 2.38. The number of halogens is 3. The number of carboxylic acids is 1. The van der Waals surface area contributed by atoms with Gasteiger partial charge < -0.3 is 15.6 Å². The zero-order chi connectivity index (χ0) is 22.4. The molecule has 31 heavy (non-hydrogen) atoms. The van der Waals surface area contributed by atoms with Crippen molar-refractivity contribution in [2.75, 3.05) is 13.1 Å². The van der Waals surface area contributed by atoms with Crippen molar-refractivity contribution < 1.29 is 28.3 Å². The average Bonchev–Trinajstić information content (AvgIpc) is 3.16. The van der Waals surface area contributed by atoms with Gasteiger partial charge in [-0.05, 0) is 49.0 Å². The molecule has 0 saturated carbocycles. The summed E-state index contributed by atoms with van der Waals surface area (Å²) in [5.74, 6) is -2.31. The summed E-state index contributed by atoms with van der Waals surface area (Å²) in [6.45, 7) is 2.04. The number of hydrogen-bond donors (Lipinski definition) is 3. The lowest BCUT2D eigenvalue weighted by atomic mass is 9.88. The zero-order valence-corrected chi connectivity index (χ0v) is 16.5. The maximum atomic E-state index is 10.6. The number of piperidine rings is 1. The molecular formula is C22H22F3N3O3. The van der Waals surface area contributed by atoms with Gasteiger partial charge in [0.15, 0.2) is 0 Å². The highest BCUT2D eigenvalue weighted by atomic mass is 19.4. The van der Waals surface area contributed by atoms with E-state index in [0.29, 0.717) is 5.92 Å². The quantitative estimate of drug-likeness (QED) is 0.528. The lowest BCUT2D eigenvalue weighted by molar-refractivity contribution is -0.192. The second-order valence-electron chi connectivity index (χ2n) is 7.11. The molecule has 3 aromatic rings. The number of carboxylic acid groups (broad SMARTS) is 1. The third-order valence-corrected chi connectivity index (χ3v) is 5.04. The molecule has 0 amide bonds. The molecule has 1 fully saturated rings. The highest BCUT2D eigenvalue weighted by molar-refractivity contribution is 5.73. The first-order chi connectivity index (χ1) is 14.8. The van der Waals surface area contributed by atoms with Crippen molar-refractivity contribution in [2.45, 2.75) is 24.9 Å². The first kappa shape index (κ1) is 22.4. The van der Waals surface area contributed by atoms with Crippen LogP contribution in [-0.2, 0) is 4.79 Å². The summed E-state index contributed by atoms with van der Waals surface area (Å²) in [6.07, 6.45) is -1.10. The van der Waals surface area contributed by atoms with Crippen LogP contribution in [0.2, 0.25) is 0 Å². The molecule has 9 heteroatoms. The molecule has 0 unspecified atom stereocenters. The number of hydrogen-bond acceptors (Lipinski definition) is 4. The van der Waals surface area contributed by atoms with Crippen molar-refractivity contribution in [3.8, 4) is 22.4 Å². The average molecular weight is 433 g/mol. The Morgan fingerprint density at radius 2 is 1.58 bits per heavy atom. The van der Waals surface area contributed by atoms with Crippen molar-refractivity contribution >= 4 is 5.97 Å². The number of aromatic nitrogens is 2. The third-order valence-electron chi connectivity index (χ3n) is 5.04. The van der Waals surface area contributed by atoms with E-state index >= 15 is 0 Å². The van der Waals surface area contributed by atoms with E-state index in [0.717, 1.165) is 53.2 Å². The Morgan fingerprint density at radius 1 is 1.00 bits per heavy atom. The van der Waals surface area contributed by atoms with Gasteiger partial charge in [-0.3, -0.25) is 0 Å². The minimum Gasteiger partial charge on any atom is -0.475 e. The molecule has 0 radical (unpaired) electrons. The Kier molecular flexibility index (Phi) is 6.96. The van der Waals surface area contributed by atoms with E-state index in [-0.39, 0.29) is 0 Å². The first-order valence-electron chi connectivity index (χ1n) is 9.71. The predicted octanol–water partition coefficient (Wildman–Crippen LogP) is 4.55. The Bertz CT molecular complexity index is 1010. The second-order valence-corrected chi connectivity index (χ2v) is 7.11. The number of nitrogens with zero attached hydrogens (tertiary/aromatic N) is 2. The summed E-state index contributed by atoms with van der Waals surface area (Å²) in [7, 11) is 0. The van der Waals surface area contributed by atoms with E-state index < -0.39 is 12.1 Å². The molecule has 1 aliphatic rings. The maximum absolute atomic E-state index is 10.6. The smallest absolute Gasteiger partial charge is 0.475 e. The van der Waals surface area contributed by atoms with E-state index in [1.807, 2.05) is 36.5 Å². The topological polar surface area (TPSA) is 87.4 Å². The number of rotatable bonds is 3. The number of aliphatic carboxylic acids is 1. The molecule has 6 nitrogen and oxygen atoms in total. The minimum absolute atomic E-state index is 0.447. The van der Waals surface area contributed by atoms with Gasteiger partial charge in [0.2, 0.25) is 0 Å². The molecule has 2 aromatic carbocycles. The zero-order valence-electron chi connectivity index (χ0n) is 16.5. The van der Waals surface area contributed by atoms with E-state index in [9.17, 15) is 18.4 Å². The van der Waals surface area contributed by atoms with Gasteiger partial charge >= 0.3 is 12.1 Å². The summed E-state index contributed by atoms with van der Waals surface area (Å²) in [5.41, 5.74) is 5.28. The number of carbonyl (C=O) groups is 1. The normalized spacial score (nSPS) is 14.5. The molecule has 2 heterocycles. The molecule has 1 aliphatic heterocycles. The van der Waals surface area contributed by atoms with Crippen LogP contribution in [0.4, 0.5) is 13.2 Å².